The van der Waals surface area contributed by atoms with Crippen molar-refractivity contribution in [2.75, 3.05) is 0 Å². The molecule has 3 nitrogen and oxygen atoms in total. The lowest BCUT2D eigenvalue weighted by molar-refractivity contribution is 1.05. The molecule has 1 aliphatic carbocycles. The van der Waals surface area contributed by atoms with Gasteiger partial charge in [-0.2, -0.15) is 0 Å². The van der Waals surface area contributed by atoms with Gasteiger partial charge in [-0.25, -0.2) is 9.97 Å². The van der Waals surface area contributed by atoms with Gasteiger partial charge in [-0.15, -0.1) is 0 Å². The fourth-order valence-corrected chi connectivity index (χ4v) is 6.63. The van der Waals surface area contributed by atoms with Crippen LogP contribution in [0.4, 0.5) is 0 Å². The molecule has 2 aromatic heterocycles. The van der Waals surface area contributed by atoms with E-state index < -0.39 is 12.8 Å². The minimum atomic E-state index is -1.21. The first-order chi connectivity index (χ1) is 26.8. The average Bonchev–Trinajstić information content (AvgIpc) is 3.25. The van der Waals surface area contributed by atoms with E-state index >= 15 is 0 Å². The van der Waals surface area contributed by atoms with Gasteiger partial charge in [0.2, 0.25) is 0 Å². The van der Waals surface area contributed by atoms with Crippen molar-refractivity contribution < 1.29 is 6.85 Å². The Labute approximate surface area is 299 Å². The van der Waals surface area contributed by atoms with E-state index in [9.17, 15) is 0 Å². The largest absolute Gasteiger partial charge is 0.264 e. The van der Waals surface area contributed by atoms with Gasteiger partial charge >= 0.3 is 0 Å². The van der Waals surface area contributed by atoms with Crippen LogP contribution in [0.15, 0.2) is 176 Å². The van der Waals surface area contributed by atoms with Crippen LogP contribution in [0.3, 0.4) is 0 Å². The highest BCUT2D eigenvalue weighted by atomic mass is 14.9. The zero-order valence-electron chi connectivity index (χ0n) is 32.0. The third-order valence-corrected chi connectivity index (χ3v) is 9.22. The van der Waals surface area contributed by atoms with Crippen molar-refractivity contribution in [1.29, 1.82) is 0 Å². The third kappa shape index (κ3) is 5.69. The second-order valence-electron chi connectivity index (χ2n) is 12.3. The summed E-state index contributed by atoms with van der Waals surface area (Å²) in [6.07, 6.45) is 1.27. The van der Waals surface area contributed by atoms with Crippen molar-refractivity contribution in [2.45, 2.75) is 12.8 Å². The molecule has 50 heavy (non-hydrogen) atoms. The lowest BCUT2D eigenvalue weighted by atomic mass is 9.93. The van der Waals surface area contributed by atoms with Crippen LogP contribution in [0.1, 0.15) is 25.2 Å². The summed E-state index contributed by atoms with van der Waals surface area (Å²) in [7, 11) is 0. The number of fused-ring (bicyclic) bond motifs is 3. The van der Waals surface area contributed by atoms with Crippen LogP contribution in [0.5, 0.6) is 0 Å². The highest BCUT2D eigenvalue weighted by Gasteiger charge is 2.14. The van der Waals surface area contributed by atoms with Crippen LogP contribution >= 0.6 is 0 Å². The fraction of sp³-hybridized carbons (Fsp3) is 0.0426. The maximum absolute atomic E-state index is 8.58. The first-order valence-corrected chi connectivity index (χ1v) is 16.6. The lowest BCUT2D eigenvalue weighted by Crippen LogP contribution is -1.96. The van der Waals surface area contributed by atoms with Crippen LogP contribution in [0.25, 0.3) is 83.3 Å². The molecule has 6 aromatic carbocycles. The van der Waals surface area contributed by atoms with Gasteiger partial charge in [-0.3, -0.25) is 4.98 Å². The molecule has 0 fully saturated rings. The number of nitrogens with zero attached hydrogens (tertiary/aromatic N) is 3. The molecular formula is C47H33N3. The van der Waals surface area contributed by atoms with Crippen molar-refractivity contribution in [3.8, 4) is 56.2 Å². The van der Waals surface area contributed by atoms with E-state index in [0.29, 0.717) is 17.1 Å². The molecule has 2 atom stereocenters. The molecule has 0 spiro atoms. The topological polar surface area (TPSA) is 38.7 Å². The summed E-state index contributed by atoms with van der Waals surface area (Å²) >= 11 is 0. The maximum Gasteiger partial charge on any atom is 0.160 e. The van der Waals surface area contributed by atoms with Gasteiger partial charge in [0.15, 0.2) is 5.82 Å². The number of pyridine rings is 1. The Morgan fingerprint density at radius 3 is 1.86 bits per heavy atom. The van der Waals surface area contributed by atoms with E-state index in [1.165, 1.54) is 21.5 Å². The summed E-state index contributed by atoms with van der Waals surface area (Å²) in [5.74, 6) is 0.571. The highest BCUT2D eigenvalue weighted by Crippen LogP contribution is 2.36. The van der Waals surface area contributed by atoms with E-state index in [4.69, 9.17) is 16.8 Å². The molecule has 0 aliphatic heterocycles. The summed E-state index contributed by atoms with van der Waals surface area (Å²) < 4.78 is 41.5. The monoisotopic (exact) mass is 644 g/mol. The number of benzene rings is 6. The van der Waals surface area contributed by atoms with Crippen LogP contribution in [-0.2, 0) is 0 Å². The molecule has 8 aromatic rings. The standard InChI is InChI=1S/C47H33N3/c1-2-9-32(10-3-1)33-16-22-36(23-17-33)45-30-46(37-24-18-34(19-25-37)40-12-8-28-48-31-40)50-47(49-45)38-26-20-35(21-27-38)44-29-39-11-4-5-13-41(39)42-14-6-7-15-43(42)44/h1-2,4-9,11-31H,3,10H2/i1D,2D,3D,9D,10D. The Balaban J connectivity index is 1.13. The Kier molecular flexibility index (Phi) is 6.35. The Morgan fingerprint density at radius 2 is 1.14 bits per heavy atom. The van der Waals surface area contributed by atoms with Gasteiger partial charge in [0.25, 0.3) is 0 Å². The zero-order chi connectivity index (χ0) is 37.6. The van der Waals surface area contributed by atoms with Crippen molar-refractivity contribution in [3.05, 3.63) is 182 Å². The van der Waals surface area contributed by atoms with Crippen LogP contribution < -0.4 is 0 Å². The Hall–Kier alpha value is -6.45. The van der Waals surface area contributed by atoms with Crippen molar-refractivity contribution in [1.82, 2.24) is 15.0 Å². The summed E-state index contributed by atoms with van der Waals surface area (Å²) in [4.78, 5) is 14.4. The molecule has 0 amide bonds. The number of hydrogen-bond acceptors (Lipinski definition) is 3. The van der Waals surface area contributed by atoms with Gasteiger partial charge in [-0.05, 0) is 85.9 Å². The molecular weight excluding hydrogens is 607 g/mol. The molecule has 1 aliphatic rings. The van der Waals surface area contributed by atoms with E-state index in [-0.39, 0.29) is 23.7 Å². The Morgan fingerprint density at radius 1 is 0.520 bits per heavy atom. The molecule has 0 N–H and O–H groups in total. The van der Waals surface area contributed by atoms with Crippen LogP contribution in [-0.4, -0.2) is 15.0 Å². The van der Waals surface area contributed by atoms with Gasteiger partial charge in [0, 0.05) is 31.8 Å². The second kappa shape index (κ2) is 12.9. The van der Waals surface area contributed by atoms with Crippen LogP contribution in [0, 0.1) is 0 Å². The van der Waals surface area contributed by atoms with Crippen molar-refractivity contribution in [3.63, 3.8) is 0 Å². The smallest absolute Gasteiger partial charge is 0.160 e. The first-order valence-electron chi connectivity index (χ1n) is 19.2. The SMILES string of the molecule is [2H]C1=C([2H])C([2H])C([2H])C(c2ccc(-c3cc(-c4ccc(-c5cccnc5)cc4)nc(-c4ccc(-c5cc6ccccc6c6ccccc56)cc4)n3)cc2)=C1[2H]. The maximum atomic E-state index is 8.58. The number of aromatic nitrogens is 3. The summed E-state index contributed by atoms with van der Waals surface area (Å²) in [5.41, 5.74) is 9.27. The number of hydrogen-bond donors (Lipinski definition) is 0. The molecule has 0 radical (unpaired) electrons. The van der Waals surface area contributed by atoms with Crippen molar-refractivity contribution >= 4 is 27.1 Å². The molecule has 236 valence electrons. The summed E-state index contributed by atoms with van der Waals surface area (Å²) in [5, 5.41) is 4.83. The van der Waals surface area contributed by atoms with E-state index in [2.05, 4.69) is 108 Å². The molecule has 0 saturated carbocycles. The average molecular weight is 645 g/mol. The summed E-state index contributed by atoms with van der Waals surface area (Å²) in [6.45, 7) is 0. The minimum absolute atomic E-state index is 0.178. The first kappa shape index (κ1) is 24.7. The normalized spacial score (nSPS) is 17.6. The minimum Gasteiger partial charge on any atom is -0.264 e. The predicted octanol–water partition coefficient (Wildman–Crippen LogP) is 12.2. The van der Waals surface area contributed by atoms with Gasteiger partial charge in [0.05, 0.1) is 15.5 Å². The quantitative estimate of drug-likeness (QED) is 0.169. The Bertz CT molecular complexity index is 2800. The molecule has 3 heteroatoms. The van der Waals surface area contributed by atoms with Gasteiger partial charge in [0.1, 0.15) is 0 Å². The predicted molar refractivity (Wildman–Crippen MR) is 208 cm³/mol. The van der Waals surface area contributed by atoms with Gasteiger partial charge < -0.3 is 0 Å². The highest BCUT2D eigenvalue weighted by molar-refractivity contribution is 6.13. The molecule has 2 unspecified atom stereocenters. The molecule has 0 saturated heterocycles. The van der Waals surface area contributed by atoms with Gasteiger partial charge in [-0.1, -0.05) is 146 Å². The molecule has 9 rings (SSSR count). The van der Waals surface area contributed by atoms with E-state index in [1.54, 1.807) is 6.20 Å². The number of rotatable bonds is 6. The zero-order valence-corrected chi connectivity index (χ0v) is 27.0. The molecule has 0 bridgehead atoms. The van der Waals surface area contributed by atoms with Crippen molar-refractivity contribution in [2.24, 2.45) is 0 Å². The van der Waals surface area contributed by atoms with E-state index in [0.717, 1.165) is 44.6 Å². The number of allylic oxidation sites excluding steroid dienone is 4. The third-order valence-electron chi connectivity index (χ3n) is 9.22. The van der Waals surface area contributed by atoms with E-state index in [1.807, 2.05) is 48.7 Å². The van der Waals surface area contributed by atoms with Crippen LogP contribution in [0.2, 0.25) is 0 Å². The summed E-state index contributed by atoms with van der Waals surface area (Å²) in [6, 6.07) is 48.4. The second-order valence-corrected chi connectivity index (χ2v) is 12.3. The molecule has 2 heterocycles. The lowest BCUT2D eigenvalue weighted by Gasteiger charge is -2.13. The fourth-order valence-electron chi connectivity index (χ4n) is 6.63.